The summed E-state index contributed by atoms with van der Waals surface area (Å²) in [5.41, 5.74) is 1.42. The number of para-hydroxylation sites is 1. The predicted octanol–water partition coefficient (Wildman–Crippen LogP) is 1.68. The molecular formula is C12H18N2O2S. The van der Waals surface area contributed by atoms with Gasteiger partial charge in [-0.15, -0.1) is 0 Å². The van der Waals surface area contributed by atoms with Crippen LogP contribution in [0.1, 0.15) is 26.3 Å². The van der Waals surface area contributed by atoms with Gasteiger partial charge in [0.25, 0.3) is 0 Å². The molecule has 0 bridgehead atoms. The van der Waals surface area contributed by atoms with Crippen molar-refractivity contribution in [2.24, 2.45) is 0 Å². The normalized spacial score (nSPS) is 16.1. The van der Waals surface area contributed by atoms with Gasteiger partial charge < -0.3 is 0 Å². The summed E-state index contributed by atoms with van der Waals surface area (Å²) < 4.78 is 28.6. The molecule has 2 rings (SSSR count). The summed E-state index contributed by atoms with van der Waals surface area (Å²) in [6.07, 6.45) is 0.779. The predicted molar refractivity (Wildman–Crippen MR) is 69.3 cm³/mol. The van der Waals surface area contributed by atoms with Gasteiger partial charge in [0.05, 0.1) is 5.69 Å². The van der Waals surface area contributed by atoms with Crippen LogP contribution in [0.15, 0.2) is 24.3 Å². The molecule has 0 radical (unpaired) electrons. The minimum absolute atomic E-state index is 0.462. The third-order valence-corrected chi connectivity index (χ3v) is 4.40. The van der Waals surface area contributed by atoms with Crippen molar-refractivity contribution in [1.29, 1.82) is 0 Å². The minimum Gasteiger partial charge on any atom is -0.257 e. The zero-order valence-electron chi connectivity index (χ0n) is 10.4. The van der Waals surface area contributed by atoms with Gasteiger partial charge in [-0.1, -0.05) is 18.2 Å². The zero-order chi connectivity index (χ0) is 12.7. The van der Waals surface area contributed by atoms with Gasteiger partial charge in [0.15, 0.2) is 0 Å². The second-order valence-corrected chi connectivity index (χ2v) is 6.90. The van der Waals surface area contributed by atoms with Crippen LogP contribution < -0.4 is 9.03 Å². The lowest BCUT2D eigenvalue weighted by atomic mass is 10.1. The molecule has 1 aliphatic rings. The van der Waals surface area contributed by atoms with Crippen LogP contribution in [0, 0.1) is 0 Å². The van der Waals surface area contributed by atoms with E-state index in [-0.39, 0.29) is 0 Å². The highest BCUT2D eigenvalue weighted by atomic mass is 32.2. The molecule has 0 saturated carbocycles. The Morgan fingerprint density at radius 3 is 2.53 bits per heavy atom. The molecule has 5 heteroatoms. The molecule has 0 aliphatic carbocycles. The topological polar surface area (TPSA) is 49.4 Å². The second kappa shape index (κ2) is 3.99. The maximum Gasteiger partial charge on any atom is 0.302 e. The second-order valence-electron chi connectivity index (χ2n) is 5.31. The summed E-state index contributed by atoms with van der Waals surface area (Å²) in [6.45, 7) is 6.04. The molecule has 17 heavy (non-hydrogen) atoms. The van der Waals surface area contributed by atoms with Crippen LogP contribution in [0.2, 0.25) is 0 Å². The number of hydrogen-bond acceptors (Lipinski definition) is 2. The highest BCUT2D eigenvalue weighted by molar-refractivity contribution is 7.91. The van der Waals surface area contributed by atoms with Crippen molar-refractivity contribution in [3.8, 4) is 0 Å². The molecule has 1 heterocycles. The van der Waals surface area contributed by atoms with E-state index in [0.29, 0.717) is 6.54 Å². The molecule has 1 aromatic carbocycles. The summed E-state index contributed by atoms with van der Waals surface area (Å²) >= 11 is 0. The molecule has 1 aliphatic heterocycles. The summed E-state index contributed by atoms with van der Waals surface area (Å²) in [7, 11) is -3.45. The molecule has 0 aromatic heterocycles. The Balaban J connectivity index is 2.32. The SMILES string of the molecule is CC(C)(C)NS(=O)(=O)N1CCc2ccccc21. The average Bonchev–Trinajstić information content (AvgIpc) is 2.57. The summed E-state index contributed by atoms with van der Waals surface area (Å²) in [5, 5.41) is 0. The van der Waals surface area contributed by atoms with Gasteiger partial charge in [-0.2, -0.15) is 13.1 Å². The van der Waals surface area contributed by atoms with Crippen LogP contribution in [-0.4, -0.2) is 20.5 Å². The van der Waals surface area contributed by atoms with Crippen LogP contribution >= 0.6 is 0 Å². The van der Waals surface area contributed by atoms with Crippen LogP contribution in [0.5, 0.6) is 0 Å². The van der Waals surface area contributed by atoms with E-state index in [9.17, 15) is 8.42 Å². The zero-order valence-corrected chi connectivity index (χ0v) is 11.2. The van der Waals surface area contributed by atoms with Crippen molar-refractivity contribution in [2.45, 2.75) is 32.7 Å². The van der Waals surface area contributed by atoms with Crippen molar-refractivity contribution < 1.29 is 8.42 Å². The first-order valence-electron chi connectivity index (χ1n) is 5.69. The van der Waals surface area contributed by atoms with E-state index >= 15 is 0 Å². The Morgan fingerprint density at radius 1 is 1.24 bits per heavy atom. The van der Waals surface area contributed by atoms with E-state index in [0.717, 1.165) is 17.7 Å². The van der Waals surface area contributed by atoms with Crippen molar-refractivity contribution in [1.82, 2.24) is 4.72 Å². The first-order valence-corrected chi connectivity index (χ1v) is 7.13. The molecule has 0 atom stereocenters. The van der Waals surface area contributed by atoms with Gasteiger partial charge in [0.2, 0.25) is 0 Å². The van der Waals surface area contributed by atoms with Crippen LogP contribution in [0.3, 0.4) is 0 Å². The Morgan fingerprint density at radius 2 is 1.88 bits per heavy atom. The van der Waals surface area contributed by atoms with E-state index in [1.165, 1.54) is 4.31 Å². The molecule has 0 amide bonds. The van der Waals surface area contributed by atoms with E-state index < -0.39 is 15.7 Å². The van der Waals surface area contributed by atoms with Crippen molar-refractivity contribution in [3.63, 3.8) is 0 Å². The molecule has 94 valence electrons. The molecule has 0 fully saturated rings. The first kappa shape index (κ1) is 12.4. The highest BCUT2D eigenvalue weighted by Gasteiger charge is 2.31. The number of nitrogens with zero attached hydrogens (tertiary/aromatic N) is 1. The van der Waals surface area contributed by atoms with Gasteiger partial charge in [0, 0.05) is 12.1 Å². The molecular weight excluding hydrogens is 236 g/mol. The van der Waals surface area contributed by atoms with Crippen molar-refractivity contribution in [2.75, 3.05) is 10.8 Å². The number of fused-ring (bicyclic) bond motifs is 1. The summed E-state index contributed by atoms with van der Waals surface area (Å²) in [4.78, 5) is 0. The number of hydrogen-bond donors (Lipinski definition) is 1. The average molecular weight is 254 g/mol. The largest absolute Gasteiger partial charge is 0.302 e. The lowest BCUT2D eigenvalue weighted by molar-refractivity contribution is 0.489. The Bertz CT molecular complexity index is 518. The number of nitrogens with one attached hydrogen (secondary N) is 1. The molecule has 0 spiro atoms. The van der Waals surface area contributed by atoms with E-state index in [1.54, 1.807) is 0 Å². The monoisotopic (exact) mass is 254 g/mol. The van der Waals surface area contributed by atoms with E-state index in [1.807, 2.05) is 45.0 Å². The molecule has 0 saturated heterocycles. The van der Waals surface area contributed by atoms with Crippen molar-refractivity contribution >= 4 is 15.9 Å². The Hall–Kier alpha value is -1.07. The lowest BCUT2D eigenvalue weighted by Gasteiger charge is -2.26. The third kappa shape index (κ3) is 2.61. The van der Waals surface area contributed by atoms with Gasteiger partial charge in [-0.05, 0) is 38.8 Å². The number of anilines is 1. The Labute approximate surface area is 103 Å². The number of rotatable bonds is 2. The first-order chi connectivity index (χ1) is 7.80. The van der Waals surface area contributed by atoms with Gasteiger partial charge in [-0.25, -0.2) is 0 Å². The maximum absolute atomic E-state index is 12.2. The summed E-state index contributed by atoms with van der Waals surface area (Å²) in [6, 6.07) is 7.63. The molecule has 1 aromatic rings. The highest BCUT2D eigenvalue weighted by Crippen LogP contribution is 2.29. The quantitative estimate of drug-likeness (QED) is 0.873. The minimum atomic E-state index is -3.45. The van der Waals surface area contributed by atoms with Gasteiger partial charge >= 0.3 is 10.2 Å². The lowest BCUT2D eigenvalue weighted by Crippen LogP contribution is -2.48. The smallest absolute Gasteiger partial charge is 0.257 e. The fraction of sp³-hybridized carbons (Fsp3) is 0.500. The van der Waals surface area contributed by atoms with E-state index in [4.69, 9.17) is 0 Å². The third-order valence-electron chi connectivity index (χ3n) is 2.57. The summed E-state index contributed by atoms with van der Waals surface area (Å²) in [5.74, 6) is 0. The van der Waals surface area contributed by atoms with Crippen molar-refractivity contribution in [3.05, 3.63) is 29.8 Å². The fourth-order valence-corrected chi connectivity index (χ4v) is 3.65. The Kier molecular flexibility index (Phi) is 2.91. The van der Waals surface area contributed by atoms with Crippen LogP contribution in [0.25, 0.3) is 0 Å². The fourth-order valence-electron chi connectivity index (χ4n) is 2.00. The molecule has 1 N–H and O–H groups in total. The van der Waals surface area contributed by atoms with Gasteiger partial charge in [-0.3, -0.25) is 4.31 Å². The van der Waals surface area contributed by atoms with Crippen LogP contribution in [-0.2, 0) is 16.6 Å². The van der Waals surface area contributed by atoms with Crippen LogP contribution in [0.4, 0.5) is 5.69 Å². The number of benzene rings is 1. The maximum atomic E-state index is 12.2. The molecule has 0 unspecified atom stereocenters. The van der Waals surface area contributed by atoms with E-state index in [2.05, 4.69) is 4.72 Å². The van der Waals surface area contributed by atoms with Gasteiger partial charge in [0.1, 0.15) is 0 Å². The molecule has 4 nitrogen and oxygen atoms in total. The standard InChI is InChI=1S/C12H18N2O2S/c1-12(2,3)13-17(15,16)14-9-8-10-6-4-5-7-11(10)14/h4-7,13H,8-9H2,1-3H3.